The molecule has 0 saturated heterocycles. The van der Waals surface area contributed by atoms with Crippen molar-refractivity contribution in [1.82, 2.24) is 4.90 Å². The van der Waals surface area contributed by atoms with Crippen molar-refractivity contribution in [3.8, 4) is 5.75 Å². The number of carbonyl (C=O) groups excluding carboxylic acids is 1. The molecule has 17 heavy (non-hydrogen) atoms. The maximum Gasteiger partial charge on any atom is 0.163 e. The van der Waals surface area contributed by atoms with E-state index < -0.39 is 5.82 Å². The zero-order valence-corrected chi connectivity index (χ0v) is 10.5. The van der Waals surface area contributed by atoms with Crippen LogP contribution in [0.15, 0.2) is 18.2 Å². The van der Waals surface area contributed by atoms with E-state index in [2.05, 4.69) is 4.90 Å². The van der Waals surface area contributed by atoms with Crippen molar-refractivity contribution in [3.63, 3.8) is 0 Å². The van der Waals surface area contributed by atoms with Gasteiger partial charge in [0.25, 0.3) is 0 Å². The van der Waals surface area contributed by atoms with Gasteiger partial charge in [0.05, 0.1) is 12.2 Å². The average molecular weight is 239 g/mol. The van der Waals surface area contributed by atoms with Gasteiger partial charge in [-0.3, -0.25) is 4.79 Å². The summed E-state index contributed by atoms with van der Waals surface area (Å²) in [7, 11) is 3.97. The molecule has 1 rings (SSSR count). The van der Waals surface area contributed by atoms with Crippen LogP contribution in [-0.2, 0) is 0 Å². The van der Waals surface area contributed by atoms with Gasteiger partial charge in [-0.25, -0.2) is 4.39 Å². The fourth-order valence-corrected chi connectivity index (χ4v) is 1.47. The summed E-state index contributed by atoms with van der Waals surface area (Å²) in [5.74, 6) is -0.152. The van der Waals surface area contributed by atoms with Crippen molar-refractivity contribution >= 4 is 5.78 Å². The Hall–Kier alpha value is -1.42. The van der Waals surface area contributed by atoms with Crippen LogP contribution in [-0.4, -0.2) is 37.9 Å². The third-order valence-electron chi connectivity index (χ3n) is 2.33. The van der Waals surface area contributed by atoms with E-state index in [1.54, 1.807) is 0 Å². The van der Waals surface area contributed by atoms with E-state index in [9.17, 15) is 9.18 Å². The molecule has 0 spiro atoms. The normalized spacial score (nSPS) is 10.6. The first-order valence-electron chi connectivity index (χ1n) is 5.58. The zero-order valence-electron chi connectivity index (χ0n) is 10.5. The monoisotopic (exact) mass is 239 g/mol. The first kappa shape index (κ1) is 13.6. The molecule has 94 valence electrons. The molecule has 0 bridgehead atoms. The lowest BCUT2D eigenvalue weighted by molar-refractivity contribution is 0.101. The van der Waals surface area contributed by atoms with Gasteiger partial charge < -0.3 is 9.64 Å². The molecule has 1 aromatic carbocycles. The van der Waals surface area contributed by atoms with Crippen LogP contribution < -0.4 is 4.74 Å². The Labute approximate surface area is 101 Å². The molecule has 1 aromatic rings. The number of halogens is 1. The molecular weight excluding hydrogens is 221 g/mol. The van der Waals surface area contributed by atoms with Gasteiger partial charge in [-0.05, 0) is 45.6 Å². The number of ether oxygens (including phenoxy) is 1. The Morgan fingerprint density at radius 2 is 2.12 bits per heavy atom. The lowest BCUT2D eigenvalue weighted by Crippen LogP contribution is -2.16. The largest absolute Gasteiger partial charge is 0.493 e. The number of benzene rings is 1. The second kappa shape index (κ2) is 6.35. The summed E-state index contributed by atoms with van der Waals surface area (Å²) in [5.41, 5.74) is 0.301. The van der Waals surface area contributed by atoms with Crippen molar-refractivity contribution in [2.75, 3.05) is 27.2 Å². The summed E-state index contributed by atoms with van der Waals surface area (Å²) in [6.45, 7) is 2.84. The second-order valence-electron chi connectivity index (χ2n) is 4.20. The van der Waals surface area contributed by atoms with E-state index >= 15 is 0 Å². The molecular formula is C13H18FNO2. The molecule has 0 heterocycles. The smallest absolute Gasteiger partial charge is 0.163 e. The minimum atomic E-state index is -0.421. The first-order chi connectivity index (χ1) is 8.00. The van der Waals surface area contributed by atoms with Crippen LogP contribution in [0.2, 0.25) is 0 Å². The van der Waals surface area contributed by atoms with Gasteiger partial charge in [-0.1, -0.05) is 0 Å². The van der Waals surface area contributed by atoms with Gasteiger partial charge in [0.1, 0.15) is 11.6 Å². The summed E-state index contributed by atoms with van der Waals surface area (Å²) < 4.78 is 18.5. The Balaban J connectivity index is 2.61. The van der Waals surface area contributed by atoms with E-state index in [4.69, 9.17) is 4.74 Å². The molecule has 0 N–H and O–H groups in total. The van der Waals surface area contributed by atoms with Crippen molar-refractivity contribution in [2.45, 2.75) is 13.3 Å². The van der Waals surface area contributed by atoms with Crippen molar-refractivity contribution < 1.29 is 13.9 Å². The van der Waals surface area contributed by atoms with Gasteiger partial charge in [-0.2, -0.15) is 0 Å². The first-order valence-corrected chi connectivity index (χ1v) is 5.58. The standard InChI is InChI=1S/C13H18FNO2/c1-10(16)12-9-11(14)5-6-13(12)17-8-4-7-15(2)3/h5-6,9H,4,7-8H2,1-3H3. The third kappa shape index (κ3) is 4.53. The Morgan fingerprint density at radius 3 is 2.71 bits per heavy atom. The fourth-order valence-electron chi connectivity index (χ4n) is 1.47. The Morgan fingerprint density at radius 1 is 1.41 bits per heavy atom. The van der Waals surface area contributed by atoms with Crippen molar-refractivity contribution in [1.29, 1.82) is 0 Å². The van der Waals surface area contributed by atoms with Crippen molar-refractivity contribution in [3.05, 3.63) is 29.6 Å². The Bertz CT molecular complexity index is 391. The molecule has 0 aromatic heterocycles. The van der Waals surface area contributed by atoms with Gasteiger partial charge >= 0.3 is 0 Å². The highest BCUT2D eigenvalue weighted by Crippen LogP contribution is 2.20. The maximum atomic E-state index is 13.0. The quantitative estimate of drug-likeness (QED) is 0.564. The molecule has 0 aliphatic heterocycles. The predicted molar refractivity (Wildman–Crippen MR) is 65.1 cm³/mol. The summed E-state index contributed by atoms with van der Waals surface area (Å²) in [5, 5.41) is 0. The number of rotatable bonds is 6. The number of nitrogens with zero attached hydrogens (tertiary/aromatic N) is 1. The molecule has 0 amide bonds. The molecule has 0 radical (unpaired) electrons. The third-order valence-corrected chi connectivity index (χ3v) is 2.33. The molecule has 0 fully saturated rings. The average Bonchev–Trinajstić information content (AvgIpc) is 2.25. The summed E-state index contributed by atoms with van der Waals surface area (Å²) >= 11 is 0. The highest BCUT2D eigenvalue weighted by molar-refractivity contribution is 5.96. The van der Waals surface area contributed by atoms with Gasteiger partial charge in [0, 0.05) is 6.54 Å². The molecule has 4 heteroatoms. The van der Waals surface area contributed by atoms with Gasteiger partial charge in [0.2, 0.25) is 0 Å². The number of Topliss-reactive ketones (excluding diaryl/α,β-unsaturated/α-hetero) is 1. The van der Waals surface area contributed by atoms with Crippen LogP contribution in [0.1, 0.15) is 23.7 Å². The lowest BCUT2D eigenvalue weighted by atomic mass is 10.1. The highest BCUT2D eigenvalue weighted by atomic mass is 19.1. The molecule has 0 aliphatic rings. The topological polar surface area (TPSA) is 29.5 Å². The molecule has 0 atom stereocenters. The highest BCUT2D eigenvalue weighted by Gasteiger charge is 2.09. The van der Waals surface area contributed by atoms with E-state index in [1.165, 1.54) is 25.1 Å². The second-order valence-corrected chi connectivity index (χ2v) is 4.20. The van der Waals surface area contributed by atoms with Crippen LogP contribution in [0.5, 0.6) is 5.75 Å². The Kier molecular flexibility index (Phi) is 5.10. The number of ketones is 1. The predicted octanol–water partition coefficient (Wildman–Crippen LogP) is 2.36. The van der Waals surface area contributed by atoms with E-state index in [0.717, 1.165) is 13.0 Å². The van der Waals surface area contributed by atoms with Crippen LogP contribution in [0, 0.1) is 5.82 Å². The summed E-state index contributed by atoms with van der Waals surface area (Å²) in [4.78, 5) is 13.4. The van der Waals surface area contributed by atoms with Crippen molar-refractivity contribution in [2.24, 2.45) is 0 Å². The molecule has 0 aliphatic carbocycles. The van der Waals surface area contributed by atoms with Crippen LogP contribution in [0.3, 0.4) is 0 Å². The minimum Gasteiger partial charge on any atom is -0.493 e. The van der Waals surface area contributed by atoms with E-state index in [0.29, 0.717) is 17.9 Å². The molecule has 0 saturated carbocycles. The SMILES string of the molecule is CC(=O)c1cc(F)ccc1OCCCN(C)C. The zero-order chi connectivity index (χ0) is 12.8. The van der Waals surface area contributed by atoms with E-state index in [-0.39, 0.29) is 5.78 Å². The maximum absolute atomic E-state index is 13.0. The van der Waals surface area contributed by atoms with Gasteiger partial charge in [0.15, 0.2) is 5.78 Å². The minimum absolute atomic E-state index is 0.188. The number of hydrogen-bond acceptors (Lipinski definition) is 3. The van der Waals surface area contributed by atoms with Crippen LogP contribution in [0.25, 0.3) is 0 Å². The van der Waals surface area contributed by atoms with Crippen LogP contribution >= 0.6 is 0 Å². The summed E-state index contributed by atoms with van der Waals surface area (Å²) in [6.07, 6.45) is 0.863. The number of hydrogen-bond donors (Lipinski definition) is 0. The van der Waals surface area contributed by atoms with E-state index in [1.807, 2.05) is 14.1 Å². The van der Waals surface area contributed by atoms with Gasteiger partial charge in [-0.15, -0.1) is 0 Å². The lowest BCUT2D eigenvalue weighted by Gasteiger charge is -2.12. The fraction of sp³-hybridized carbons (Fsp3) is 0.462. The molecule has 3 nitrogen and oxygen atoms in total. The molecule has 0 unspecified atom stereocenters. The summed E-state index contributed by atoms with van der Waals surface area (Å²) in [6, 6.07) is 4.01. The van der Waals surface area contributed by atoms with Crippen LogP contribution in [0.4, 0.5) is 4.39 Å². The number of carbonyl (C=O) groups is 1.